The molecule has 1 fully saturated rings. The number of anilines is 1. The normalized spacial score (nSPS) is 24.2. The van der Waals surface area contributed by atoms with Crippen molar-refractivity contribution in [3.05, 3.63) is 47.6 Å². The molecule has 1 aliphatic carbocycles. The summed E-state index contributed by atoms with van der Waals surface area (Å²) in [5, 5.41) is 3.93. The van der Waals surface area contributed by atoms with Crippen molar-refractivity contribution in [2.75, 3.05) is 30.6 Å². The molecule has 2 N–H and O–H groups in total. The molecule has 5 rings (SSSR count). The fourth-order valence-electron chi connectivity index (χ4n) is 4.66. The molecule has 0 aromatic heterocycles. The third-order valence-corrected chi connectivity index (χ3v) is 6.98. The highest BCUT2D eigenvalue weighted by Crippen LogP contribution is 2.40. The maximum atomic E-state index is 12.9. The van der Waals surface area contributed by atoms with Crippen molar-refractivity contribution >= 4 is 27.2 Å². The van der Waals surface area contributed by atoms with E-state index < -0.39 is 15.6 Å². The molecule has 1 spiro atoms. The molecule has 32 heavy (non-hydrogen) atoms. The van der Waals surface area contributed by atoms with E-state index in [0.717, 1.165) is 50.9 Å². The smallest absolute Gasteiger partial charge is 0.229 e. The lowest BCUT2D eigenvalue weighted by atomic mass is 9.82. The van der Waals surface area contributed by atoms with Gasteiger partial charge in [-0.2, -0.15) is 0 Å². The predicted octanol–water partition coefficient (Wildman–Crippen LogP) is 2.00. The fourth-order valence-corrected chi connectivity index (χ4v) is 5.21. The van der Waals surface area contributed by atoms with Gasteiger partial charge in [0.2, 0.25) is 10.0 Å². The number of Topliss-reactive ketones (excluding diaryl/α,β-unsaturated/α-hetero) is 1. The van der Waals surface area contributed by atoms with Crippen LogP contribution < -0.4 is 14.9 Å². The first-order chi connectivity index (χ1) is 15.3. The van der Waals surface area contributed by atoms with Crippen LogP contribution in [0.2, 0.25) is 0 Å². The number of hydroxylamine groups is 1. The average Bonchev–Trinajstić information content (AvgIpc) is 3.21. The number of hydrogen-bond acceptors (Lipinski definition) is 8. The number of nitrogens with one attached hydrogen (secondary N) is 2. The Labute approximate surface area is 187 Å². The van der Waals surface area contributed by atoms with Gasteiger partial charge >= 0.3 is 0 Å². The van der Waals surface area contributed by atoms with Crippen LogP contribution in [0, 0.1) is 0 Å². The fraction of sp³-hybridized carbons (Fsp3) is 0.455. The van der Waals surface area contributed by atoms with E-state index in [-0.39, 0.29) is 11.8 Å². The molecule has 0 amide bonds. The second-order valence-electron chi connectivity index (χ2n) is 8.84. The number of nitrogens with zero attached hydrogens (tertiary/aromatic N) is 2. The summed E-state index contributed by atoms with van der Waals surface area (Å²) in [6, 6.07) is 4.92. The number of hydrogen-bond donors (Lipinski definition) is 2. The third kappa shape index (κ3) is 4.43. The van der Waals surface area contributed by atoms with Gasteiger partial charge in [0.1, 0.15) is 23.1 Å². The molecule has 9 nitrogen and oxygen atoms in total. The van der Waals surface area contributed by atoms with Crippen molar-refractivity contribution in [3.63, 3.8) is 0 Å². The second kappa shape index (κ2) is 8.02. The van der Waals surface area contributed by atoms with E-state index >= 15 is 0 Å². The number of carbonyl (C=O) groups excluding carboxylic acids is 1. The molecule has 0 bridgehead atoms. The van der Waals surface area contributed by atoms with Crippen molar-refractivity contribution in [3.8, 4) is 5.75 Å². The molecule has 4 aliphatic rings. The number of fused-ring (bicyclic) bond motifs is 2. The van der Waals surface area contributed by atoms with Gasteiger partial charge in [-0.3, -0.25) is 14.5 Å². The van der Waals surface area contributed by atoms with Gasteiger partial charge in [0, 0.05) is 38.2 Å². The SMILES string of the molecule is CS(=O)(=O)Nc1ccc2c(c1)C(=O)CC1(CCN(CCC3=CC4NON=C4C=C3)CC1)O2. The largest absolute Gasteiger partial charge is 0.486 e. The first kappa shape index (κ1) is 21.2. The van der Waals surface area contributed by atoms with E-state index in [9.17, 15) is 13.2 Å². The minimum Gasteiger partial charge on any atom is -0.486 e. The monoisotopic (exact) mass is 458 g/mol. The molecular formula is C22H26N4O5S. The number of allylic oxidation sites excluding steroid dienone is 1. The Morgan fingerprint density at radius 2 is 2.09 bits per heavy atom. The summed E-state index contributed by atoms with van der Waals surface area (Å²) in [6.45, 7) is 2.67. The highest BCUT2D eigenvalue weighted by atomic mass is 32.2. The van der Waals surface area contributed by atoms with E-state index in [1.807, 2.05) is 6.08 Å². The Hall–Kier alpha value is -2.69. The van der Waals surface area contributed by atoms with E-state index in [4.69, 9.17) is 9.68 Å². The summed E-state index contributed by atoms with van der Waals surface area (Å²) in [4.78, 5) is 20.2. The van der Waals surface area contributed by atoms with Crippen LogP contribution in [0.1, 0.15) is 36.0 Å². The highest BCUT2D eigenvalue weighted by Gasteiger charge is 2.43. The summed E-state index contributed by atoms with van der Waals surface area (Å²) >= 11 is 0. The molecule has 3 aliphatic heterocycles. The molecule has 170 valence electrons. The first-order valence-corrected chi connectivity index (χ1v) is 12.6. The van der Waals surface area contributed by atoms with Crippen LogP contribution in [-0.2, 0) is 15.0 Å². The van der Waals surface area contributed by atoms with E-state index in [1.54, 1.807) is 18.2 Å². The molecule has 1 aromatic rings. The Morgan fingerprint density at radius 3 is 2.88 bits per heavy atom. The molecule has 10 heteroatoms. The first-order valence-electron chi connectivity index (χ1n) is 10.7. The van der Waals surface area contributed by atoms with Crippen LogP contribution >= 0.6 is 0 Å². The van der Waals surface area contributed by atoms with Crippen molar-refractivity contribution in [1.29, 1.82) is 0 Å². The van der Waals surface area contributed by atoms with E-state index in [0.29, 0.717) is 23.4 Å². The van der Waals surface area contributed by atoms with Crippen LogP contribution in [0.3, 0.4) is 0 Å². The van der Waals surface area contributed by atoms with Crippen molar-refractivity contribution < 1.29 is 22.9 Å². The van der Waals surface area contributed by atoms with Gasteiger partial charge in [-0.25, -0.2) is 8.42 Å². The third-order valence-electron chi connectivity index (χ3n) is 6.37. The Bertz CT molecular complexity index is 1130. The zero-order valence-corrected chi connectivity index (χ0v) is 18.7. The van der Waals surface area contributed by atoms with Gasteiger partial charge in [-0.1, -0.05) is 17.3 Å². The number of piperidine rings is 1. The Kier molecular flexibility index (Phi) is 5.31. The summed E-state index contributed by atoms with van der Waals surface area (Å²) in [5.41, 5.74) is 5.35. The lowest BCUT2D eigenvalue weighted by Gasteiger charge is -2.44. The highest BCUT2D eigenvalue weighted by molar-refractivity contribution is 7.92. The van der Waals surface area contributed by atoms with Gasteiger partial charge in [0.25, 0.3) is 0 Å². The molecule has 0 radical (unpaired) electrons. The maximum absolute atomic E-state index is 12.9. The molecule has 1 atom stereocenters. The number of ketones is 1. The van der Waals surface area contributed by atoms with Gasteiger partial charge in [-0.05, 0) is 36.3 Å². The second-order valence-corrected chi connectivity index (χ2v) is 10.6. The predicted molar refractivity (Wildman–Crippen MR) is 120 cm³/mol. The molecule has 0 saturated carbocycles. The number of likely N-dealkylation sites (tertiary alicyclic amines) is 1. The van der Waals surface area contributed by atoms with Crippen LogP contribution in [-0.4, -0.2) is 62.3 Å². The molecule has 3 heterocycles. The Morgan fingerprint density at radius 1 is 1.28 bits per heavy atom. The number of ether oxygens (including phenoxy) is 1. The Balaban J connectivity index is 1.18. The lowest BCUT2D eigenvalue weighted by molar-refractivity contribution is -0.00862. The number of oxime groups is 1. The minimum atomic E-state index is -3.40. The van der Waals surface area contributed by atoms with Crippen LogP contribution in [0.5, 0.6) is 5.75 Å². The lowest BCUT2D eigenvalue weighted by Crippen LogP contribution is -2.51. The molecule has 1 unspecified atom stereocenters. The van der Waals surface area contributed by atoms with E-state index in [1.165, 1.54) is 5.57 Å². The zero-order valence-electron chi connectivity index (χ0n) is 17.8. The standard InChI is InChI=1S/C22H26N4O5S/c1-32(28,29)25-16-3-5-21-17(13-16)20(27)14-22(30-21)7-10-26(11-8-22)9-6-15-2-4-18-19(12-15)24-31-23-18/h2-5,12-13,19,24-25H,6-11,14H2,1H3. The quantitative estimate of drug-likeness (QED) is 0.695. The topological polar surface area (TPSA) is 109 Å². The number of sulfonamides is 1. The minimum absolute atomic E-state index is 0.00176. The number of rotatable bonds is 5. The van der Waals surface area contributed by atoms with Crippen LogP contribution in [0.4, 0.5) is 5.69 Å². The molecular weight excluding hydrogens is 432 g/mol. The van der Waals surface area contributed by atoms with Crippen molar-refractivity contribution in [1.82, 2.24) is 10.4 Å². The van der Waals surface area contributed by atoms with Gasteiger partial charge in [0.05, 0.1) is 18.2 Å². The summed E-state index contributed by atoms with van der Waals surface area (Å²) in [7, 11) is -3.40. The molecule has 1 aromatic carbocycles. The van der Waals surface area contributed by atoms with Crippen LogP contribution in [0.15, 0.2) is 47.2 Å². The summed E-state index contributed by atoms with van der Waals surface area (Å²) in [6.07, 6.45) is 10.1. The van der Waals surface area contributed by atoms with Gasteiger partial charge < -0.3 is 9.64 Å². The average molecular weight is 459 g/mol. The van der Waals surface area contributed by atoms with E-state index in [2.05, 4.69) is 32.4 Å². The van der Waals surface area contributed by atoms with Crippen molar-refractivity contribution in [2.45, 2.75) is 37.3 Å². The summed E-state index contributed by atoms with van der Waals surface area (Å²) < 4.78 is 31.7. The number of benzene rings is 1. The van der Waals surface area contributed by atoms with Crippen LogP contribution in [0.25, 0.3) is 0 Å². The number of carbonyl (C=O) groups is 1. The van der Waals surface area contributed by atoms with Gasteiger partial charge in [0.15, 0.2) is 5.78 Å². The molecule has 1 saturated heterocycles. The zero-order chi connectivity index (χ0) is 22.3. The maximum Gasteiger partial charge on any atom is 0.229 e. The summed E-state index contributed by atoms with van der Waals surface area (Å²) in [5.74, 6) is 0.535. The van der Waals surface area contributed by atoms with Crippen molar-refractivity contribution in [2.24, 2.45) is 5.16 Å². The van der Waals surface area contributed by atoms with Gasteiger partial charge in [-0.15, -0.1) is 5.48 Å².